The number of halogens is 2. The molecule has 1 aromatic carbocycles. The molecular weight excluding hydrogens is 317 g/mol. The van der Waals surface area contributed by atoms with Gasteiger partial charge in [-0.1, -0.05) is 11.6 Å². The first-order valence-electron chi connectivity index (χ1n) is 6.47. The van der Waals surface area contributed by atoms with Crippen molar-refractivity contribution >= 4 is 35.6 Å². The third-order valence-corrected chi connectivity index (χ3v) is 3.71. The van der Waals surface area contributed by atoms with Crippen LogP contribution in [-0.2, 0) is 0 Å². The first-order chi connectivity index (χ1) is 9.49. The Morgan fingerprint density at radius 2 is 2.24 bits per heavy atom. The van der Waals surface area contributed by atoms with Crippen LogP contribution in [0.1, 0.15) is 30.1 Å². The average molecular weight is 334 g/mol. The number of nitrogens with zero attached hydrogens (tertiary/aromatic N) is 1. The van der Waals surface area contributed by atoms with Crippen molar-refractivity contribution in [2.24, 2.45) is 0 Å². The van der Waals surface area contributed by atoms with Gasteiger partial charge in [-0.15, -0.1) is 12.4 Å². The maximum atomic E-state index is 12.2. The molecule has 1 aromatic rings. The molecule has 1 aliphatic heterocycles. The summed E-state index contributed by atoms with van der Waals surface area (Å²) in [6, 6.07) is 4.09. The number of benzene rings is 1. The molecule has 0 spiro atoms. The summed E-state index contributed by atoms with van der Waals surface area (Å²) in [6.07, 6.45) is 1.82. The zero-order valence-corrected chi connectivity index (χ0v) is 13.0. The van der Waals surface area contributed by atoms with Crippen molar-refractivity contribution in [1.29, 1.82) is 0 Å². The zero-order chi connectivity index (χ0) is 14.7. The van der Waals surface area contributed by atoms with Gasteiger partial charge in [0, 0.05) is 23.2 Å². The van der Waals surface area contributed by atoms with E-state index in [2.05, 4.69) is 10.6 Å². The topological polar surface area (TPSA) is 84.3 Å². The van der Waals surface area contributed by atoms with Gasteiger partial charge in [-0.2, -0.15) is 0 Å². The van der Waals surface area contributed by atoms with Crippen molar-refractivity contribution in [3.8, 4) is 0 Å². The molecule has 1 saturated heterocycles. The van der Waals surface area contributed by atoms with Crippen LogP contribution in [0.5, 0.6) is 0 Å². The van der Waals surface area contributed by atoms with Crippen molar-refractivity contribution in [3.63, 3.8) is 0 Å². The van der Waals surface area contributed by atoms with Gasteiger partial charge in [-0.05, 0) is 38.4 Å². The number of carbonyl (C=O) groups excluding carboxylic acids is 1. The van der Waals surface area contributed by atoms with E-state index in [1.807, 2.05) is 6.92 Å². The van der Waals surface area contributed by atoms with Crippen molar-refractivity contribution in [2.45, 2.75) is 31.8 Å². The van der Waals surface area contributed by atoms with E-state index in [0.717, 1.165) is 19.4 Å². The van der Waals surface area contributed by atoms with Gasteiger partial charge in [-0.3, -0.25) is 14.9 Å². The van der Waals surface area contributed by atoms with Crippen LogP contribution in [-0.4, -0.2) is 29.5 Å². The van der Waals surface area contributed by atoms with Crippen LogP contribution in [0.3, 0.4) is 0 Å². The maximum Gasteiger partial charge on any atom is 0.282 e. The molecular formula is C13H17Cl2N3O3. The van der Waals surface area contributed by atoms with Gasteiger partial charge >= 0.3 is 0 Å². The number of amides is 1. The molecule has 6 nitrogen and oxygen atoms in total. The van der Waals surface area contributed by atoms with E-state index in [1.165, 1.54) is 18.2 Å². The number of nitrogens with one attached hydrogen (secondary N) is 2. The number of hydrogen-bond donors (Lipinski definition) is 2. The third kappa shape index (κ3) is 4.30. The van der Waals surface area contributed by atoms with Crippen LogP contribution in [0.4, 0.5) is 5.69 Å². The Hall–Kier alpha value is -1.37. The lowest BCUT2D eigenvalue weighted by molar-refractivity contribution is -0.385. The van der Waals surface area contributed by atoms with Crippen LogP contribution in [0.15, 0.2) is 18.2 Å². The molecule has 2 N–H and O–H groups in total. The van der Waals surface area contributed by atoms with E-state index in [4.69, 9.17) is 11.6 Å². The SMILES string of the molecule is CC1NCCCC1NC(=O)c1cc(Cl)ccc1[N+](=O)[O-].Cl. The first kappa shape index (κ1) is 17.7. The predicted molar refractivity (Wildman–Crippen MR) is 83.3 cm³/mol. The summed E-state index contributed by atoms with van der Waals surface area (Å²) in [5.41, 5.74) is -0.233. The molecule has 0 aliphatic carbocycles. The summed E-state index contributed by atoms with van der Waals surface area (Å²) in [5, 5.41) is 17.4. The molecule has 116 valence electrons. The Kier molecular flexibility index (Phi) is 6.39. The quantitative estimate of drug-likeness (QED) is 0.657. The Bertz CT molecular complexity index is 539. The zero-order valence-electron chi connectivity index (χ0n) is 11.5. The summed E-state index contributed by atoms with van der Waals surface area (Å²) >= 11 is 5.82. The van der Waals surface area contributed by atoms with Gasteiger partial charge in [0.15, 0.2) is 0 Å². The third-order valence-electron chi connectivity index (χ3n) is 3.48. The largest absolute Gasteiger partial charge is 0.348 e. The van der Waals surface area contributed by atoms with E-state index in [9.17, 15) is 14.9 Å². The first-order valence-corrected chi connectivity index (χ1v) is 6.85. The van der Waals surface area contributed by atoms with Crippen molar-refractivity contribution in [2.75, 3.05) is 6.54 Å². The number of nitro benzene ring substituents is 1. The van der Waals surface area contributed by atoms with E-state index in [0.29, 0.717) is 5.02 Å². The molecule has 0 saturated carbocycles. The molecule has 1 amide bonds. The van der Waals surface area contributed by atoms with Crippen LogP contribution >= 0.6 is 24.0 Å². The van der Waals surface area contributed by atoms with Gasteiger partial charge in [0.05, 0.1) is 4.92 Å². The lowest BCUT2D eigenvalue weighted by Crippen LogP contribution is -2.51. The van der Waals surface area contributed by atoms with Gasteiger partial charge in [-0.25, -0.2) is 0 Å². The Labute approximate surface area is 133 Å². The second kappa shape index (κ2) is 7.59. The van der Waals surface area contributed by atoms with Gasteiger partial charge < -0.3 is 10.6 Å². The fraction of sp³-hybridized carbons (Fsp3) is 0.462. The van der Waals surface area contributed by atoms with E-state index >= 15 is 0 Å². The van der Waals surface area contributed by atoms with E-state index in [1.54, 1.807) is 0 Å². The highest BCUT2D eigenvalue weighted by Crippen LogP contribution is 2.23. The molecule has 2 rings (SSSR count). The van der Waals surface area contributed by atoms with Gasteiger partial charge in [0.2, 0.25) is 0 Å². The predicted octanol–water partition coefficient (Wildman–Crippen LogP) is 2.54. The summed E-state index contributed by atoms with van der Waals surface area (Å²) in [7, 11) is 0. The summed E-state index contributed by atoms with van der Waals surface area (Å²) in [4.78, 5) is 22.6. The number of carbonyl (C=O) groups is 1. The van der Waals surface area contributed by atoms with Crippen LogP contribution in [0, 0.1) is 10.1 Å². The minimum absolute atomic E-state index is 0. The van der Waals surface area contributed by atoms with Crippen LogP contribution in [0.25, 0.3) is 0 Å². The maximum absolute atomic E-state index is 12.2. The summed E-state index contributed by atoms with van der Waals surface area (Å²) in [6.45, 7) is 2.90. The molecule has 2 atom stereocenters. The molecule has 8 heteroatoms. The Balaban J connectivity index is 0.00000220. The fourth-order valence-electron chi connectivity index (χ4n) is 2.34. The molecule has 0 aromatic heterocycles. The number of nitro groups is 1. The highest BCUT2D eigenvalue weighted by Gasteiger charge is 2.26. The number of rotatable bonds is 3. The molecule has 0 radical (unpaired) electrons. The minimum Gasteiger partial charge on any atom is -0.348 e. The summed E-state index contributed by atoms with van der Waals surface area (Å²) < 4.78 is 0. The monoisotopic (exact) mass is 333 g/mol. The molecule has 21 heavy (non-hydrogen) atoms. The molecule has 2 unspecified atom stereocenters. The molecule has 0 bridgehead atoms. The second-order valence-electron chi connectivity index (χ2n) is 4.88. The number of hydrogen-bond acceptors (Lipinski definition) is 4. The van der Waals surface area contributed by atoms with Crippen molar-refractivity contribution < 1.29 is 9.72 Å². The standard InChI is InChI=1S/C13H16ClN3O3.ClH/c1-8-11(3-2-6-15-8)16-13(18)10-7-9(14)4-5-12(10)17(19)20;/h4-5,7-8,11,15H,2-3,6H2,1H3,(H,16,18);1H. The molecule has 1 fully saturated rings. The van der Waals surface area contributed by atoms with E-state index in [-0.39, 0.29) is 35.7 Å². The highest BCUT2D eigenvalue weighted by atomic mass is 35.5. The second-order valence-corrected chi connectivity index (χ2v) is 5.32. The van der Waals surface area contributed by atoms with Gasteiger partial charge in [0.1, 0.15) is 5.56 Å². The average Bonchev–Trinajstić information content (AvgIpc) is 2.40. The highest BCUT2D eigenvalue weighted by molar-refractivity contribution is 6.31. The normalized spacial score (nSPS) is 21.2. The van der Waals surface area contributed by atoms with Gasteiger partial charge in [0.25, 0.3) is 11.6 Å². The number of piperidine rings is 1. The minimum atomic E-state index is -0.576. The van der Waals surface area contributed by atoms with Crippen molar-refractivity contribution in [1.82, 2.24) is 10.6 Å². The van der Waals surface area contributed by atoms with Crippen LogP contribution in [0.2, 0.25) is 5.02 Å². The lowest BCUT2D eigenvalue weighted by atomic mass is 9.99. The van der Waals surface area contributed by atoms with E-state index < -0.39 is 10.8 Å². The Morgan fingerprint density at radius 1 is 1.52 bits per heavy atom. The smallest absolute Gasteiger partial charge is 0.282 e. The summed E-state index contributed by atoms with van der Waals surface area (Å²) in [5.74, 6) is -0.459. The molecule has 1 heterocycles. The van der Waals surface area contributed by atoms with Crippen LogP contribution < -0.4 is 10.6 Å². The molecule has 1 aliphatic rings. The van der Waals surface area contributed by atoms with Crippen molar-refractivity contribution in [3.05, 3.63) is 38.9 Å². The fourth-order valence-corrected chi connectivity index (χ4v) is 2.51. The lowest BCUT2D eigenvalue weighted by Gasteiger charge is -2.30. The Morgan fingerprint density at radius 3 is 2.86 bits per heavy atom.